The summed E-state index contributed by atoms with van der Waals surface area (Å²) in [5.41, 5.74) is 0.0560. The monoisotopic (exact) mass is 170 g/mol. The summed E-state index contributed by atoms with van der Waals surface area (Å²) >= 11 is 0. The second-order valence-electron chi connectivity index (χ2n) is 3.96. The van der Waals surface area contributed by atoms with Crippen molar-refractivity contribution in [2.45, 2.75) is 40.7 Å². The molecule has 70 valence electrons. The van der Waals surface area contributed by atoms with Crippen molar-refractivity contribution < 1.29 is 9.53 Å². The van der Waals surface area contributed by atoms with Gasteiger partial charge in [-0.15, -0.1) is 0 Å². The Morgan fingerprint density at radius 3 is 2.42 bits per heavy atom. The fraction of sp³-hybridized carbons (Fsp3) is 0.700. The van der Waals surface area contributed by atoms with Crippen molar-refractivity contribution in [3.05, 3.63) is 12.3 Å². The summed E-state index contributed by atoms with van der Waals surface area (Å²) in [5.74, 6) is 0.163. The van der Waals surface area contributed by atoms with E-state index in [1.807, 2.05) is 0 Å². The van der Waals surface area contributed by atoms with E-state index in [0.29, 0.717) is 6.42 Å². The lowest BCUT2D eigenvalue weighted by Crippen LogP contribution is -2.31. The fourth-order valence-electron chi connectivity index (χ4n) is 1.02. The maximum absolute atomic E-state index is 11.0. The van der Waals surface area contributed by atoms with Crippen molar-refractivity contribution in [3.63, 3.8) is 0 Å². The lowest BCUT2D eigenvalue weighted by atomic mass is 9.85. The lowest BCUT2D eigenvalue weighted by Gasteiger charge is -2.30. The van der Waals surface area contributed by atoms with Crippen LogP contribution in [-0.4, -0.2) is 11.9 Å². The van der Waals surface area contributed by atoms with E-state index in [-0.39, 0.29) is 24.7 Å². The average Bonchev–Trinajstić information content (AvgIpc) is 1.86. The second-order valence-corrected chi connectivity index (χ2v) is 3.96. The summed E-state index contributed by atoms with van der Waals surface area (Å²) in [7, 11) is 0. The zero-order chi connectivity index (χ0) is 8.48. The van der Waals surface area contributed by atoms with Crippen LogP contribution in [0.3, 0.4) is 0 Å². The Hall–Kier alpha value is -0.790. The summed E-state index contributed by atoms with van der Waals surface area (Å²) in [6, 6.07) is 0. The Morgan fingerprint density at radius 2 is 2.08 bits per heavy atom. The van der Waals surface area contributed by atoms with Gasteiger partial charge < -0.3 is 4.74 Å². The molecule has 0 aromatic heterocycles. The smallest absolute Gasteiger partial charge is 0.162 e. The fourth-order valence-corrected chi connectivity index (χ4v) is 1.02. The van der Waals surface area contributed by atoms with Crippen LogP contribution >= 0.6 is 0 Å². The zero-order valence-electron chi connectivity index (χ0n) is 7.26. The number of carbonyl (C=O) groups is 1. The van der Waals surface area contributed by atoms with Crippen molar-refractivity contribution in [2.24, 2.45) is 5.41 Å². The summed E-state index contributed by atoms with van der Waals surface area (Å²) < 4.78 is 5.31. The Kier molecular flexibility index (Phi) is 3.50. The molecule has 12 heavy (non-hydrogen) atoms. The quantitative estimate of drug-likeness (QED) is 0.558. The van der Waals surface area contributed by atoms with Crippen LogP contribution in [0.4, 0.5) is 0 Å². The molecule has 0 fully saturated rings. The minimum absolute atomic E-state index is 0. The van der Waals surface area contributed by atoms with E-state index in [9.17, 15) is 4.79 Å². The molecule has 1 rings (SSSR count). The van der Waals surface area contributed by atoms with Gasteiger partial charge >= 0.3 is 0 Å². The van der Waals surface area contributed by atoms with Crippen LogP contribution in [0.1, 0.15) is 34.6 Å². The van der Waals surface area contributed by atoms with Crippen molar-refractivity contribution in [1.82, 2.24) is 0 Å². The van der Waals surface area contributed by atoms with Crippen LogP contribution in [0.15, 0.2) is 12.3 Å². The molecule has 0 saturated heterocycles. The highest BCUT2D eigenvalue weighted by molar-refractivity contribution is 5.90. The Balaban J connectivity index is 0.00000121. The summed E-state index contributed by atoms with van der Waals surface area (Å²) in [4.78, 5) is 11.0. The third-order valence-corrected chi connectivity index (χ3v) is 1.85. The molecular formula is C10H18O2. The van der Waals surface area contributed by atoms with Gasteiger partial charge in [0.05, 0.1) is 6.26 Å². The van der Waals surface area contributed by atoms with Gasteiger partial charge in [0.1, 0.15) is 6.10 Å². The predicted molar refractivity (Wildman–Crippen MR) is 49.8 cm³/mol. The van der Waals surface area contributed by atoms with Crippen LogP contribution in [0, 0.1) is 5.41 Å². The number of hydrogen-bond acceptors (Lipinski definition) is 2. The van der Waals surface area contributed by atoms with Crippen LogP contribution < -0.4 is 0 Å². The largest absolute Gasteiger partial charge is 0.497 e. The number of allylic oxidation sites excluding steroid dienone is 1. The number of hydrogen-bond donors (Lipinski definition) is 0. The third-order valence-electron chi connectivity index (χ3n) is 1.85. The average molecular weight is 170 g/mol. The van der Waals surface area contributed by atoms with Gasteiger partial charge in [0.25, 0.3) is 0 Å². The molecule has 0 aromatic rings. The van der Waals surface area contributed by atoms with Crippen LogP contribution in [0.2, 0.25) is 0 Å². The molecule has 0 amide bonds. The molecule has 0 aromatic carbocycles. The van der Waals surface area contributed by atoms with Gasteiger partial charge in [0.2, 0.25) is 0 Å². The van der Waals surface area contributed by atoms with Crippen LogP contribution in [0.25, 0.3) is 0 Å². The number of ketones is 1. The van der Waals surface area contributed by atoms with Gasteiger partial charge in [-0.1, -0.05) is 28.2 Å². The molecule has 1 unspecified atom stereocenters. The van der Waals surface area contributed by atoms with Gasteiger partial charge in [-0.3, -0.25) is 4.79 Å². The predicted octanol–water partition coefficient (Wildman–Crippen LogP) is 2.54. The van der Waals surface area contributed by atoms with E-state index in [1.165, 1.54) is 12.3 Å². The van der Waals surface area contributed by atoms with Crippen LogP contribution in [0.5, 0.6) is 0 Å². The molecule has 0 N–H and O–H groups in total. The summed E-state index contributed by atoms with van der Waals surface area (Å²) in [6.45, 7) is 6.22. The first-order valence-corrected chi connectivity index (χ1v) is 3.85. The molecular weight excluding hydrogens is 152 g/mol. The van der Waals surface area contributed by atoms with Crippen LogP contribution in [-0.2, 0) is 9.53 Å². The molecule has 1 aliphatic rings. The first-order chi connectivity index (χ1) is 5.00. The minimum Gasteiger partial charge on any atom is -0.497 e. The van der Waals surface area contributed by atoms with Gasteiger partial charge in [0, 0.05) is 12.5 Å². The maximum atomic E-state index is 11.0. The van der Waals surface area contributed by atoms with E-state index in [2.05, 4.69) is 20.8 Å². The van der Waals surface area contributed by atoms with Crippen molar-refractivity contribution in [2.75, 3.05) is 0 Å². The normalized spacial score (nSPS) is 22.9. The van der Waals surface area contributed by atoms with Gasteiger partial charge in [-0.05, 0) is 5.41 Å². The molecule has 2 nitrogen and oxygen atoms in total. The van der Waals surface area contributed by atoms with Crippen molar-refractivity contribution in [1.29, 1.82) is 0 Å². The third kappa shape index (κ3) is 2.68. The summed E-state index contributed by atoms with van der Waals surface area (Å²) in [6.07, 6.45) is 3.55. The van der Waals surface area contributed by atoms with Crippen molar-refractivity contribution >= 4 is 5.78 Å². The van der Waals surface area contributed by atoms with E-state index >= 15 is 0 Å². The first-order valence-electron chi connectivity index (χ1n) is 3.85. The molecule has 0 saturated carbocycles. The number of rotatable bonds is 0. The number of carbonyl (C=O) groups excluding carboxylic acids is 1. The molecule has 1 heterocycles. The molecule has 2 heteroatoms. The van der Waals surface area contributed by atoms with E-state index < -0.39 is 0 Å². The van der Waals surface area contributed by atoms with Gasteiger partial charge in [-0.25, -0.2) is 0 Å². The molecule has 0 bridgehead atoms. The zero-order valence-corrected chi connectivity index (χ0v) is 7.26. The standard InChI is InChI=1S/C9H14O2.CH4/c1-9(2,3)8-6-7(10)4-5-11-8;/h4-5,8H,6H2,1-3H3;1H4. The van der Waals surface area contributed by atoms with Crippen molar-refractivity contribution in [3.8, 4) is 0 Å². The Bertz CT molecular complexity index is 187. The Morgan fingerprint density at radius 1 is 1.50 bits per heavy atom. The maximum Gasteiger partial charge on any atom is 0.162 e. The molecule has 1 atom stereocenters. The van der Waals surface area contributed by atoms with E-state index in [0.717, 1.165) is 0 Å². The molecule has 0 spiro atoms. The van der Waals surface area contributed by atoms with Gasteiger partial charge in [-0.2, -0.15) is 0 Å². The SMILES string of the molecule is C.CC(C)(C)C1CC(=O)C=CO1. The molecule has 0 aliphatic carbocycles. The lowest BCUT2D eigenvalue weighted by molar-refractivity contribution is -0.120. The highest BCUT2D eigenvalue weighted by atomic mass is 16.5. The first kappa shape index (κ1) is 11.2. The number of ether oxygens (including phenoxy) is 1. The molecule has 0 radical (unpaired) electrons. The summed E-state index contributed by atoms with van der Waals surface area (Å²) in [5, 5.41) is 0. The topological polar surface area (TPSA) is 26.3 Å². The molecule has 1 aliphatic heterocycles. The van der Waals surface area contributed by atoms with E-state index in [1.54, 1.807) is 0 Å². The van der Waals surface area contributed by atoms with Gasteiger partial charge in [0.15, 0.2) is 5.78 Å². The highest BCUT2D eigenvalue weighted by Gasteiger charge is 2.28. The Labute approximate surface area is 74.6 Å². The van der Waals surface area contributed by atoms with E-state index in [4.69, 9.17) is 4.74 Å². The second kappa shape index (κ2) is 3.74. The highest BCUT2D eigenvalue weighted by Crippen LogP contribution is 2.27. The minimum atomic E-state index is 0.